The number of carbonyl (C=O) groups is 3. The first-order valence-corrected chi connectivity index (χ1v) is 14.6. The van der Waals surface area contributed by atoms with Crippen LogP contribution in [-0.4, -0.2) is 76.6 Å². The van der Waals surface area contributed by atoms with Gasteiger partial charge in [-0.2, -0.15) is 0 Å². The van der Waals surface area contributed by atoms with Crippen LogP contribution in [0.4, 0.5) is 16.2 Å². The van der Waals surface area contributed by atoms with Crippen molar-refractivity contribution in [2.75, 3.05) is 37.4 Å². The Hall–Kier alpha value is -4.96. The van der Waals surface area contributed by atoms with Crippen LogP contribution in [0, 0.1) is 5.92 Å². The second-order valence-corrected chi connectivity index (χ2v) is 11.2. The third kappa shape index (κ3) is 6.98. The normalized spacial score (nSPS) is 17.4. The van der Waals surface area contributed by atoms with Crippen molar-refractivity contribution in [3.8, 4) is 5.75 Å². The van der Waals surface area contributed by atoms with Crippen LogP contribution >= 0.6 is 0 Å². The Morgan fingerprint density at radius 2 is 1.82 bits per heavy atom. The maximum Gasteiger partial charge on any atom is 0.321 e. The number of hydrogen-bond donors (Lipinski definition) is 3. The third-order valence-electron chi connectivity index (χ3n) is 7.95. The maximum absolute atomic E-state index is 13.5. The minimum absolute atomic E-state index is 0.0233. The summed E-state index contributed by atoms with van der Waals surface area (Å²) >= 11 is 0. The highest BCUT2D eigenvalue weighted by Crippen LogP contribution is 2.30. The minimum atomic E-state index is -0.478. The second kappa shape index (κ2) is 13.6. The van der Waals surface area contributed by atoms with Crippen molar-refractivity contribution in [1.29, 1.82) is 0 Å². The maximum atomic E-state index is 13.5. The summed E-state index contributed by atoms with van der Waals surface area (Å²) < 4.78 is 6.54. The van der Waals surface area contributed by atoms with E-state index in [1.54, 1.807) is 66.5 Å². The number of anilines is 2. The molecule has 3 aromatic carbocycles. The number of likely N-dealkylation sites (N-methyl/N-ethyl adjacent to an activating group) is 1. The Kier molecular flexibility index (Phi) is 9.40. The number of aliphatic hydroxyl groups is 1. The van der Waals surface area contributed by atoms with Crippen molar-refractivity contribution in [3.63, 3.8) is 0 Å². The number of aliphatic hydroxyl groups excluding tert-OH is 1. The van der Waals surface area contributed by atoms with E-state index in [0.29, 0.717) is 34.8 Å². The van der Waals surface area contributed by atoms with Crippen molar-refractivity contribution >= 4 is 40.0 Å². The van der Waals surface area contributed by atoms with Crippen molar-refractivity contribution in [2.45, 2.75) is 32.4 Å². The van der Waals surface area contributed by atoms with E-state index in [2.05, 4.69) is 15.6 Å². The molecular weight excluding hydrogens is 558 g/mol. The van der Waals surface area contributed by atoms with Crippen molar-refractivity contribution in [1.82, 2.24) is 14.8 Å². The van der Waals surface area contributed by atoms with Crippen molar-refractivity contribution in [3.05, 3.63) is 96.3 Å². The van der Waals surface area contributed by atoms with Gasteiger partial charge in [0, 0.05) is 54.1 Å². The molecule has 10 heteroatoms. The summed E-state index contributed by atoms with van der Waals surface area (Å²) in [6.45, 7) is 4.16. The fraction of sp³-hybridized carbons (Fsp3) is 0.294. The standard InChI is InChI=1S/C34H37N5O5/c1-22-19-39(23(2)21-40)32(41)18-26-17-27(36-33(42)25-13-15-35-16-14-25)11-12-30(26)44-31(22)20-38(3)34(43)37-29-10-6-8-24-7-4-5-9-28(24)29/h4-17,22-23,31,40H,18-21H2,1-3H3,(H,36,42)(H,37,43). The summed E-state index contributed by atoms with van der Waals surface area (Å²) in [7, 11) is 1.71. The zero-order valence-corrected chi connectivity index (χ0v) is 25.1. The Balaban J connectivity index is 1.39. The molecule has 3 atom stereocenters. The van der Waals surface area contributed by atoms with Gasteiger partial charge in [0.25, 0.3) is 5.91 Å². The number of rotatable bonds is 7. The van der Waals surface area contributed by atoms with E-state index in [1.807, 2.05) is 49.4 Å². The van der Waals surface area contributed by atoms with Crippen LogP contribution < -0.4 is 15.4 Å². The molecule has 1 aliphatic rings. The summed E-state index contributed by atoms with van der Waals surface area (Å²) in [5.74, 6) is -0.150. The van der Waals surface area contributed by atoms with E-state index in [-0.39, 0.29) is 43.3 Å². The molecule has 0 aliphatic carbocycles. The zero-order chi connectivity index (χ0) is 31.2. The number of hydrogen-bond acceptors (Lipinski definition) is 6. The summed E-state index contributed by atoms with van der Waals surface area (Å²) in [6, 6.07) is 21.4. The fourth-order valence-corrected chi connectivity index (χ4v) is 5.33. The largest absolute Gasteiger partial charge is 0.488 e. The van der Waals surface area contributed by atoms with Gasteiger partial charge in [0.2, 0.25) is 5.91 Å². The molecule has 1 aromatic heterocycles. The van der Waals surface area contributed by atoms with Gasteiger partial charge in [-0.15, -0.1) is 0 Å². The number of fused-ring (bicyclic) bond motifs is 2. The number of aromatic nitrogens is 1. The van der Waals surface area contributed by atoms with Crippen molar-refractivity contribution < 1.29 is 24.2 Å². The molecule has 2 heterocycles. The Bertz CT molecular complexity index is 1640. The van der Waals surface area contributed by atoms with Gasteiger partial charge in [0.1, 0.15) is 11.9 Å². The van der Waals surface area contributed by atoms with E-state index < -0.39 is 12.1 Å². The highest BCUT2D eigenvalue weighted by Gasteiger charge is 2.32. The molecular formula is C34H37N5O5. The number of pyridine rings is 1. The summed E-state index contributed by atoms with van der Waals surface area (Å²) in [5, 5.41) is 17.8. The minimum Gasteiger partial charge on any atom is -0.488 e. The number of amides is 4. The van der Waals surface area contributed by atoms with E-state index >= 15 is 0 Å². The van der Waals surface area contributed by atoms with E-state index in [9.17, 15) is 19.5 Å². The third-order valence-corrected chi connectivity index (χ3v) is 7.95. The molecule has 0 saturated heterocycles. The zero-order valence-electron chi connectivity index (χ0n) is 25.1. The van der Waals surface area contributed by atoms with E-state index in [0.717, 1.165) is 10.8 Å². The molecule has 0 spiro atoms. The van der Waals surface area contributed by atoms with Gasteiger partial charge < -0.3 is 30.3 Å². The lowest BCUT2D eigenvalue weighted by atomic mass is 10.0. The molecule has 4 aromatic rings. The first-order valence-electron chi connectivity index (χ1n) is 14.6. The molecule has 0 radical (unpaired) electrons. The predicted octanol–water partition coefficient (Wildman–Crippen LogP) is 4.80. The van der Waals surface area contributed by atoms with Crippen LogP contribution in [0.3, 0.4) is 0 Å². The van der Waals surface area contributed by atoms with Gasteiger partial charge in [-0.1, -0.05) is 43.3 Å². The Morgan fingerprint density at radius 3 is 2.59 bits per heavy atom. The highest BCUT2D eigenvalue weighted by molar-refractivity contribution is 6.04. The lowest BCUT2D eigenvalue weighted by Crippen LogP contribution is -2.48. The van der Waals surface area contributed by atoms with E-state index in [4.69, 9.17) is 4.74 Å². The van der Waals surface area contributed by atoms with E-state index in [1.165, 1.54) is 0 Å². The number of benzene rings is 3. The molecule has 0 saturated carbocycles. The molecule has 5 rings (SSSR count). The number of carbonyl (C=O) groups excluding carboxylic acids is 3. The second-order valence-electron chi connectivity index (χ2n) is 11.2. The number of nitrogens with one attached hydrogen (secondary N) is 2. The molecule has 3 unspecified atom stereocenters. The summed E-state index contributed by atoms with van der Waals surface area (Å²) in [5.41, 5.74) is 2.28. The van der Waals surface area contributed by atoms with Gasteiger partial charge in [0.05, 0.1) is 31.3 Å². The molecule has 10 nitrogen and oxygen atoms in total. The van der Waals surface area contributed by atoms with Crippen LogP contribution in [0.15, 0.2) is 85.2 Å². The first kappa shape index (κ1) is 30.5. The lowest BCUT2D eigenvalue weighted by molar-refractivity contribution is -0.134. The molecule has 228 valence electrons. The van der Waals surface area contributed by atoms with Gasteiger partial charge >= 0.3 is 6.03 Å². The van der Waals surface area contributed by atoms with Crippen LogP contribution in [-0.2, 0) is 11.2 Å². The van der Waals surface area contributed by atoms with Gasteiger partial charge in [-0.3, -0.25) is 14.6 Å². The molecule has 44 heavy (non-hydrogen) atoms. The van der Waals surface area contributed by atoms with Crippen LogP contribution in [0.5, 0.6) is 5.75 Å². The molecule has 1 aliphatic heterocycles. The number of ether oxygens (including phenoxy) is 1. The van der Waals surface area contributed by atoms with Crippen molar-refractivity contribution in [2.24, 2.45) is 5.92 Å². The molecule has 4 amide bonds. The van der Waals surface area contributed by atoms with Gasteiger partial charge in [0.15, 0.2) is 0 Å². The van der Waals surface area contributed by atoms with Crippen LogP contribution in [0.1, 0.15) is 29.8 Å². The average molecular weight is 596 g/mol. The fourth-order valence-electron chi connectivity index (χ4n) is 5.33. The Labute approximate surface area is 256 Å². The average Bonchev–Trinajstić information content (AvgIpc) is 3.08. The monoisotopic (exact) mass is 595 g/mol. The summed E-state index contributed by atoms with van der Waals surface area (Å²) in [4.78, 5) is 46.8. The van der Waals surface area contributed by atoms with Gasteiger partial charge in [-0.25, -0.2) is 4.79 Å². The molecule has 0 bridgehead atoms. The predicted molar refractivity (Wildman–Crippen MR) is 170 cm³/mol. The van der Waals surface area contributed by atoms with Gasteiger partial charge in [-0.05, 0) is 48.7 Å². The topological polar surface area (TPSA) is 124 Å². The first-order chi connectivity index (χ1) is 21.2. The smallest absolute Gasteiger partial charge is 0.321 e. The van der Waals surface area contributed by atoms with Crippen LogP contribution in [0.25, 0.3) is 10.8 Å². The molecule has 3 N–H and O–H groups in total. The SMILES string of the molecule is CC1CN(C(C)CO)C(=O)Cc2cc(NC(=O)c3ccncc3)ccc2OC1CN(C)C(=O)Nc1cccc2ccccc12. The molecule has 0 fully saturated rings. The van der Waals surface area contributed by atoms with Crippen LogP contribution in [0.2, 0.25) is 0 Å². The lowest BCUT2D eigenvalue weighted by Gasteiger charge is -2.34. The summed E-state index contributed by atoms with van der Waals surface area (Å²) in [6.07, 6.45) is 2.63. The Morgan fingerprint density at radius 1 is 1.07 bits per heavy atom. The number of nitrogens with zero attached hydrogens (tertiary/aromatic N) is 3. The highest BCUT2D eigenvalue weighted by atomic mass is 16.5. The number of urea groups is 1. The quantitative estimate of drug-likeness (QED) is 0.282.